The van der Waals surface area contributed by atoms with Crippen LogP contribution in [-0.2, 0) is 6.54 Å². The second-order valence-corrected chi connectivity index (χ2v) is 4.84. The first-order valence-corrected chi connectivity index (χ1v) is 6.32. The molecule has 0 aliphatic rings. The lowest BCUT2D eigenvalue weighted by Crippen LogP contribution is -1.99. The highest BCUT2D eigenvalue weighted by Crippen LogP contribution is 2.26. The fourth-order valence-electron chi connectivity index (χ4n) is 1.78. The van der Waals surface area contributed by atoms with Crippen molar-refractivity contribution >= 4 is 32.7 Å². The molecule has 0 fully saturated rings. The third-order valence-electron chi connectivity index (χ3n) is 2.65. The summed E-state index contributed by atoms with van der Waals surface area (Å²) in [7, 11) is 0. The smallest absolute Gasteiger partial charge is 0.158 e. The van der Waals surface area contributed by atoms with Crippen molar-refractivity contribution in [1.29, 1.82) is 0 Å². The van der Waals surface area contributed by atoms with Gasteiger partial charge in [0.25, 0.3) is 0 Å². The van der Waals surface area contributed by atoms with Crippen molar-refractivity contribution in [3.8, 4) is 0 Å². The van der Waals surface area contributed by atoms with Gasteiger partial charge in [-0.2, -0.15) is 0 Å². The lowest BCUT2D eigenvalue weighted by Gasteiger charge is -2.06. The van der Waals surface area contributed by atoms with E-state index in [9.17, 15) is 0 Å². The maximum atomic E-state index is 4.75. The van der Waals surface area contributed by atoms with Gasteiger partial charge >= 0.3 is 0 Å². The van der Waals surface area contributed by atoms with Crippen molar-refractivity contribution in [2.45, 2.75) is 6.54 Å². The summed E-state index contributed by atoms with van der Waals surface area (Å²) in [5, 5.41) is 11.1. The van der Waals surface area contributed by atoms with Crippen molar-refractivity contribution in [2.75, 3.05) is 5.32 Å². The van der Waals surface area contributed by atoms with Crippen molar-refractivity contribution < 1.29 is 4.63 Å². The van der Waals surface area contributed by atoms with E-state index in [-0.39, 0.29) is 0 Å². The zero-order valence-corrected chi connectivity index (χ0v) is 11.0. The van der Waals surface area contributed by atoms with Gasteiger partial charge in [0.2, 0.25) is 0 Å². The predicted octanol–water partition coefficient (Wildman–Crippen LogP) is 3.60. The Labute approximate surface area is 112 Å². The highest BCUT2D eigenvalue weighted by Gasteiger charge is 2.08. The van der Waals surface area contributed by atoms with Crippen LogP contribution in [0.15, 0.2) is 51.6 Å². The molecule has 0 amide bonds. The monoisotopic (exact) mass is 303 g/mol. The van der Waals surface area contributed by atoms with Crippen LogP contribution in [0.25, 0.3) is 11.0 Å². The summed E-state index contributed by atoms with van der Waals surface area (Å²) in [5.74, 6) is 0. The summed E-state index contributed by atoms with van der Waals surface area (Å²) in [6.07, 6.45) is 0. The Bertz CT molecular complexity index is 666. The van der Waals surface area contributed by atoms with Crippen LogP contribution in [0.3, 0.4) is 0 Å². The van der Waals surface area contributed by atoms with E-state index in [2.05, 4.69) is 43.7 Å². The Kier molecular flexibility index (Phi) is 2.98. The molecule has 3 rings (SSSR count). The molecule has 1 N–H and O–H groups in total. The normalized spacial score (nSPS) is 10.7. The molecule has 0 atom stereocenters. The Morgan fingerprint density at radius 1 is 1.11 bits per heavy atom. The number of nitrogens with zero attached hydrogens (tertiary/aromatic N) is 2. The molecule has 2 aromatic carbocycles. The van der Waals surface area contributed by atoms with Crippen LogP contribution < -0.4 is 5.32 Å². The average molecular weight is 304 g/mol. The van der Waals surface area contributed by atoms with E-state index in [4.69, 9.17) is 4.63 Å². The predicted molar refractivity (Wildman–Crippen MR) is 73.3 cm³/mol. The van der Waals surface area contributed by atoms with Crippen LogP contribution in [0.5, 0.6) is 0 Å². The van der Waals surface area contributed by atoms with Gasteiger partial charge in [-0.1, -0.05) is 46.3 Å². The summed E-state index contributed by atoms with van der Waals surface area (Å²) in [5.41, 5.74) is 3.60. The van der Waals surface area contributed by atoms with Gasteiger partial charge in [-0.05, 0) is 28.0 Å². The average Bonchev–Trinajstić information content (AvgIpc) is 2.85. The van der Waals surface area contributed by atoms with Crippen LogP contribution in [0.1, 0.15) is 5.56 Å². The second-order valence-electron chi connectivity index (χ2n) is 3.92. The van der Waals surface area contributed by atoms with Crippen molar-refractivity contribution in [1.82, 2.24) is 10.3 Å². The first kappa shape index (κ1) is 11.2. The minimum Gasteiger partial charge on any atom is -0.379 e. The van der Waals surface area contributed by atoms with E-state index in [0.29, 0.717) is 0 Å². The van der Waals surface area contributed by atoms with E-state index < -0.39 is 0 Å². The molecule has 0 bridgehead atoms. The van der Waals surface area contributed by atoms with E-state index in [1.165, 1.54) is 5.56 Å². The topological polar surface area (TPSA) is 51.0 Å². The first-order valence-electron chi connectivity index (χ1n) is 5.52. The second kappa shape index (κ2) is 4.78. The molecule has 5 heteroatoms. The number of anilines is 1. The molecule has 3 aromatic rings. The van der Waals surface area contributed by atoms with Gasteiger partial charge in [0.05, 0.1) is 5.69 Å². The van der Waals surface area contributed by atoms with Crippen molar-refractivity contribution in [3.63, 3.8) is 0 Å². The fraction of sp³-hybridized carbons (Fsp3) is 0.0769. The molecule has 0 spiro atoms. The zero-order valence-electron chi connectivity index (χ0n) is 9.43. The minimum atomic E-state index is 0.735. The number of aromatic nitrogens is 2. The largest absolute Gasteiger partial charge is 0.379 e. The zero-order chi connectivity index (χ0) is 12.4. The molecule has 0 saturated heterocycles. The van der Waals surface area contributed by atoms with Crippen LogP contribution in [0, 0.1) is 0 Å². The van der Waals surface area contributed by atoms with E-state index in [1.54, 1.807) is 0 Å². The maximum absolute atomic E-state index is 4.75. The SMILES string of the molecule is Brc1cc(NCc2ccccc2)c2nonc2c1. The van der Waals surface area contributed by atoms with Crippen LogP contribution in [0.2, 0.25) is 0 Å². The highest BCUT2D eigenvalue weighted by atomic mass is 79.9. The molecule has 0 aliphatic carbocycles. The molecule has 4 nitrogen and oxygen atoms in total. The minimum absolute atomic E-state index is 0.735. The van der Waals surface area contributed by atoms with Gasteiger partial charge in [-0.25, -0.2) is 4.63 Å². The van der Waals surface area contributed by atoms with Crippen LogP contribution in [-0.4, -0.2) is 10.3 Å². The third kappa shape index (κ3) is 2.22. The van der Waals surface area contributed by atoms with Gasteiger partial charge in [0.1, 0.15) is 5.52 Å². The van der Waals surface area contributed by atoms with Crippen molar-refractivity contribution in [3.05, 3.63) is 52.5 Å². The number of hydrogen-bond acceptors (Lipinski definition) is 4. The number of halogens is 1. The highest BCUT2D eigenvalue weighted by molar-refractivity contribution is 9.10. The van der Waals surface area contributed by atoms with Crippen molar-refractivity contribution in [2.24, 2.45) is 0 Å². The Morgan fingerprint density at radius 2 is 1.94 bits per heavy atom. The summed E-state index contributed by atoms with van der Waals surface area (Å²) >= 11 is 3.44. The van der Waals surface area contributed by atoms with Crippen LogP contribution in [0.4, 0.5) is 5.69 Å². The molecule has 18 heavy (non-hydrogen) atoms. The molecule has 0 radical (unpaired) electrons. The Balaban J connectivity index is 1.88. The lowest BCUT2D eigenvalue weighted by atomic mass is 10.2. The molecule has 0 saturated carbocycles. The number of nitrogens with one attached hydrogen (secondary N) is 1. The number of hydrogen-bond donors (Lipinski definition) is 1. The quantitative estimate of drug-likeness (QED) is 0.803. The molecule has 90 valence electrons. The fourth-order valence-corrected chi connectivity index (χ4v) is 2.23. The standard InChI is InChI=1S/C13H10BrN3O/c14-10-6-11(13-12(7-10)16-18-17-13)15-8-9-4-2-1-3-5-9/h1-7,15H,8H2. The first-order chi connectivity index (χ1) is 8.83. The van der Waals surface area contributed by atoms with E-state index in [1.807, 2.05) is 30.3 Å². The number of benzene rings is 2. The van der Waals surface area contributed by atoms with Gasteiger partial charge in [-0.3, -0.25) is 0 Å². The molecule has 0 unspecified atom stereocenters. The lowest BCUT2D eigenvalue weighted by molar-refractivity contribution is 0.315. The van der Waals surface area contributed by atoms with Gasteiger partial charge in [-0.15, -0.1) is 0 Å². The maximum Gasteiger partial charge on any atom is 0.158 e. The van der Waals surface area contributed by atoms with E-state index >= 15 is 0 Å². The summed E-state index contributed by atoms with van der Waals surface area (Å²) < 4.78 is 5.70. The summed E-state index contributed by atoms with van der Waals surface area (Å²) in [4.78, 5) is 0. The summed E-state index contributed by atoms with van der Waals surface area (Å²) in [6.45, 7) is 0.735. The molecular formula is C13H10BrN3O. The number of rotatable bonds is 3. The van der Waals surface area contributed by atoms with E-state index in [0.717, 1.165) is 27.7 Å². The van der Waals surface area contributed by atoms with Crippen LogP contribution >= 0.6 is 15.9 Å². The van der Waals surface area contributed by atoms with Gasteiger partial charge in [0.15, 0.2) is 5.52 Å². The number of fused-ring (bicyclic) bond motifs is 1. The van der Waals surface area contributed by atoms with Gasteiger partial charge < -0.3 is 5.32 Å². The third-order valence-corrected chi connectivity index (χ3v) is 3.11. The molecular weight excluding hydrogens is 294 g/mol. The molecule has 0 aliphatic heterocycles. The Morgan fingerprint density at radius 3 is 2.78 bits per heavy atom. The molecule has 1 aromatic heterocycles. The Hall–Kier alpha value is -1.88. The molecule has 1 heterocycles. The van der Waals surface area contributed by atoms with Gasteiger partial charge in [0, 0.05) is 11.0 Å². The summed E-state index contributed by atoms with van der Waals surface area (Å²) in [6, 6.07) is 14.0.